The van der Waals surface area contributed by atoms with E-state index in [1.165, 1.54) is 0 Å². The van der Waals surface area contributed by atoms with E-state index in [0.29, 0.717) is 30.0 Å². The molecule has 0 aromatic heterocycles. The van der Waals surface area contributed by atoms with Crippen LogP contribution in [0.3, 0.4) is 0 Å². The molecular formula is C23H30N4O4. The normalized spacial score (nSPS) is 10.5. The number of amides is 3. The molecule has 2 rings (SSSR count). The third-order valence-corrected chi connectivity index (χ3v) is 4.24. The Bertz CT molecular complexity index is 881. The van der Waals surface area contributed by atoms with Crippen LogP contribution in [0.4, 0.5) is 11.4 Å². The number of rotatable bonds is 11. The highest BCUT2D eigenvalue weighted by Gasteiger charge is 2.09. The second-order valence-corrected chi connectivity index (χ2v) is 7.29. The van der Waals surface area contributed by atoms with Gasteiger partial charge in [-0.1, -0.05) is 6.07 Å². The lowest BCUT2D eigenvalue weighted by atomic mass is 10.2. The molecule has 4 N–H and O–H groups in total. The van der Waals surface area contributed by atoms with E-state index in [9.17, 15) is 14.4 Å². The fraction of sp³-hybridized carbons (Fsp3) is 0.348. The molecule has 0 saturated carbocycles. The third-order valence-electron chi connectivity index (χ3n) is 4.24. The summed E-state index contributed by atoms with van der Waals surface area (Å²) < 4.78 is 4.95. The minimum atomic E-state index is -0.251. The van der Waals surface area contributed by atoms with Crippen molar-refractivity contribution < 1.29 is 19.1 Å². The van der Waals surface area contributed by atoms with Crippen LogP contribution < -0.4 is 21.3 Å². The van der Waals surface area contributed by atoms with Crippen LogP contribution in [0.25, 0.3) is 0 Å². The second kappa shape index (κ2) is 12.3. The van der Waals surface area contributed by atoms with Crippen molar-refractivity contribution in [3.63, 3.8) is 0 Å². The molecule has 166 valence electrons. The highest BCUT2D eigenvalue weighted by Crippen LogP contribution is 2.12. The largest absolute Gasteiger partial charge is 0.385 e. The smallest absolute Gasteiger partial charge is 0.251 e. The van der Waals surface area contributed by atoms with Gasteiger partial charge in [0.25, 0.3) is 11.8 Å². The Hall–Kier alpha value is -3.39. The van der Waals surface area contributed by atoms with E-state index in [0.717, 1.165) is 12.1 Å². The summed E-state index contributed by atoms with van der Waals surface area (Å²) >= 11 is 0. The van der Waals surface area contributed by atoms with Gasteiger partial charge in [-0.3, -0.25) is 14.4 Å². The first kappa shape index (κ1) is 23.9. The fourth-order valence-electron chi connectivity index (χ4n) is 2.73. The molecule has 0 aliphatic rings. The molecule has 0 atom stereocenters. The summed E-state index contributed by atoms with van der Waals surface area (Å²) in [4.78, 5) is 36.4. The summed E-state index contributed by atoms with van der Waals surface area (Å²) in [6.07, 6.45) is 0.730. The predicted molar refractivity (Wildman–Crippen MR) is 121 cm³/mol. The SMILES string of the molecule is COCCCNC(=O)c1cccc(NC(=O)CNc2ccc(C(=O)NC(C)C)cc2)c1. The Balaban J connectivity index is 1.83. The van der Waals surface area contributed by atoms with E-state index in [1.54, 1.807) is 55.6 Å². The van der Waals surface area contributed by atoms with Gasteiger partial charge in [-0.2, -0.15) is 0 Å². The molecule has 0 spiro atoms. The lowest BCUT2D eigenvalue weighted by Gasteiger charge is -2.11. The minimum Gasteiger partial charge on any atom is -0.385 e. The number of carbonyl (C=O) groups excluding carboxylic acids is 3. The zero-order valence-corrected chi connectivity index (χ0v) is 18.2. The summed E-state index contributed by atoms with van der Waals surface area (Å²) in [5.74, 6) is -0.590. The molecular weight excluding hydrogens is 396 g/mol. The van der Waals surface area contributed by atoms with Gasteiger partial charge in [0.05, 0.1) is 6.54 Å². The first-order valence-corrected chi connectivity index (χ1v) is 10.2. The molecule has 0 unspecified atom stereocenters. The Kier molecular flexibility index (Phi) is 9.51. The molecule has 0 saturated heterocycles. The van der Waals surface area contributed by atoms with Gasteiger partial charge in [-0.25, -0.2) is 0 Å². The van der Waals surface area contributed by atoms with Crippen molar-refractivity contribution in [2.24, 2.45) is 0 Å². The zero-order valence-electron chi connectivity index (χ0n) is 18.2. The minimum absolute atomic E-state index is 0.0466. The van der Waals surface area contributed by atoms with E-state index >= 15 is 0 Å². The molecule has 0 heterocycles. The van der Waals surface area contributed by atoms with Crippen molar-refractivity contribution in [1.29, 1.82) is 0 Å². The lowest BCUT2D eigenvalue weighted by molar-refractivity contribution is -0.114. The highest BCUT2D eigenvalue weighted by molar-refractivity contribution is 5.98. The topological polar surface area (TPSA) is 109 Å². The maximum atomic E-state index is 12.3. The molecule has 3 amide bonds. The number of hydrogen-bond acceptors (Lipinski definition) is 5. The van der Waals surface area contributed by atoms with Gasteiger partial charge < -0.3 is 26.0 Å². The predicted octanol–water partition coefficient (Wildman–Crippen LogP) is 2.64. The molecule has 0 fully saturated rings. The molecule has 8 heteroatoms. The Labute approximate surface area is 182 Å². The molecule has 0 aliphatic heterocycles. The first-order chi connectivity index (χ1) is 14.9. The van der Waals surface area contributed by atoms with Crippen molar-refractivity contribution in [2.45, 2.75) is 26.3 Å². The van der Waals surface area contributed by atoms with Gasteiger partial charge in [0.15, 0.2) is 0 Å². The van der Waals surface area contributed by atoms with Crippen molar-refractivity contribution in [1.82, 2.24) is 10.6 Å². The molecule has 2 aromatic rings. The highest BCUT2D eigenvalue weighted by atomic mass is 16.5. The molecule has 31 heavy (non-hydrogen) atoms. The van der Waals surface area contributed by atoms with Gasteiger partial charge in [0, 0.05) is 48.8 Å². The van der Waals surface area contributed by atoms with Crippen LogP contribution in [0.2, 0.25) is 0 Å². The van der Waals surface area contributed by atoms with Gasteiger partial charge in [-0.15, -0.1) is 0 Å². The number of benzene rings is 2. The van der Waals surface area contributed by atoms with Gasteiger partial charge >= 0.3 is 0 Å². The van der Waals surface area contributed by atoms with Crippen LogP contribution in [0.1, 0.15) is 41.0 Å². The lowest BCUT2D eigenvalue weighted by Crippen LogP contribution is -2.30. The fourth-order valence-corrected chi connectivity index (χ4v) is 2.73. The van der Waals surface area contributed by atoms with Gasteiger partial charge in [0.1, 0.15) is 0 Å². The summed E-state index contributed by atoms with van der Waals surface area (Å²) in [6.45, 7) is 4.95. The van der Waals surface area contributed by atoms with Crippen molar-refractivity contribution in [2.75, 3.05) is 37.4 Å². The van der Waals surface area contributed by atoms with Crippen LogP contribution >= 0.6 is 0 Å². The van der Waals surface area contributed by atoms with E-state index < -0.39 is 0 Å². The summed E-state index contributed by atoms with van der Waals surface area (Å²) in [5.41, 5.74) is 2.29. The average Bonchev–Trinajstić information content (AvgIpc) is 2.75. The molecule has 2 aromatic carbocycles. The molecule has 8 nitrogen and oxygen atoms in total. The Morgan fingerprint density at radius 3 is 2.35 bits per heavy atom. The number of methoxy groups -OCH3 is 1. The van der Waals surface area contributed by atoms with E-state index in [1.807, 2.05) is 13.8 Å². The standard InChI is InChI=1S/C23H30N4O4/c1-16(2)26-23(30)17-8-10-19(11-9-17)25-15-21(28)27-20-7-4-6-18(14-20)22(29)24-12-5-13-31-3/h4,6-11,14,16,25H,5,12-13,15H2,1-3H3,(H,24,29)(H,26,30)(H,27,28). The van der Waals surface area contributed by atoms with Crippen molar-refractivity contribution in [3.05, 3.63) is 59.7 Å². The van der Waals surface area contributed by atoms with Gasteiger partial charge in [0.2, 0.25) is 5.91 Å². The Morgan fingerprint density at radius 1 is 0.935 bits per heavy atom. The van der Waals surface area contributed by atoms with Crippen LogP contribution in [-0.2, 0) is 9.53 Å². The maximum Gasteiger partial charge on any atom is 0.251 e. The van der Waals surface area contributed by atoms with Crippen molar-refractivity contribution in [3.8, 4) is 0 Å². The summed E-state index contributed by atoms with van der Waals surface area (Å²) in [5, 5.41) is 11.4. The van der Waals surface area contributed by atoms with Crippen LogP contribution in [-0.4, -0.2) is 50.6 Å². The maximum absolute atomic E-state index is 12.3. The van der Waals surface area contributed by atoms with Crippen LogP contribution in [0.15, 0.2) is 48.5 Å². The molecule has 0 bridgehead atoms. The van der Waals surface area contributed by atoms with Crippen LogP contribution in [0, 0.1) is 0 Å². The number of carbonyl (C=O) groups is 3. The number of ether oxygens (including phenoxy) is 1. The number of hydrogen-bond donors (Lipinski definition) is 4. The first-order valence-electron chi connectivity index (χ1n) is 10.2. The van der Waals surface area contributed by atoms with Gasteiger partial charge in [-0.05, 0) is 62.7 Å². The average molecular weight is 427 g/mol. The van der Waals surface area contributed by atoms with E-state index in [2.05, 4.69) is 21.3 Å². The quantitative estimate of drug-likeness (QED) is 0.413. The number of nitrogens with one attached hydrogen (secondary N) is 4. The van der Waals surface area contributed by atoms with Crippen molar-refractivity contribution >= 4 is 29.1 Å². The number of anilines is 2. The molecule has 0 radical (unpaired) electrons. The summed E-state index contributed by atoms with van der Waals surface area (Å²) in [6, 6.07) is 13.7. The Morgan fingerprint density at radius 2 is 1.68 bits per heavy atom. The monoisotopic (exact) mass is 426 g/mol. The molecule has 0 aliphatic carbocycles. The second-order valence-electron chi connectivity index (χ2n) is 7.29. The van der Waals surface area contributed by atoms with Crippen LogP contribution in [0.5, 0.6) is 0 Å². The zero-order chi connectivity index (χ0) is 22.6. The summed E-state index contributed by atoms with van der Waals surface area (Å²) in [7, 11) is 1.62. The van der Waals surface area contributed by atoms with E-state index in [-0.39, 0.29) is 30.3 Å². The third kappa shape index (κ3) is 8.47. The van der Waals surface area contributed by atoms with E-state index in [4.69, 9.17) is 4.74 Å².